The predicted octanol–water partition coefficient (Wildman–Crippen LogP) is 5.88. The highest BCUT2D eigenvalue weighted by Crippen LogP contribution is 2.07. The summed E-state index contributed by atoms with van der Waals surface area (Å²) in [4.78, 5) is 10.3. The van der Waals surface area contributed by atoms with Crippen LogP contribution in [-0.4, -0.2) is 11.1 Å². The number of unbranched alkanes of at least 4 members (excludes halogenated alkanes) is 9. The third-order valence-corrected chi connectivity index (χ3v) is 3.37. The Morgan fingerprint density at radius 1 is 0.800 bits per heavy atom. The molecule has 0 heterocycles. The van der Waals surface area contributed by atoms with Crippen LogP contribution in [0.25, 0.3) is 0 Å². The van der Waals surface area contributed by atoms with Crippen molar-refractivity contribution in [1.29, 1.82) is 0 Å². The summed E-state index contributed by atoms with van der Waals surface area (Å²) in [6, 6.07) is 0. The molecule has 0 aliphatic heterocycles. The Morgan fingerprint density at radius 2 is 1.30 bits per heavy atom. The second kappa shape index (κ2) is 16.0. The largest absolute Gasteiger partial charge is 0.481 e. The van der Waals surface area contributed by atoms with Crippen LogP contribution < -0.4 is 0 Å². The predicted molar refractivity (Wildman–Crippen MR) is 87.0 cm³/mol. The van der Waals surface area contributed by atoms with Crippen LogP contribution >= 0.6 is 0 Å². The highest BCUT2D eigenvalue weighted by Gasteiger charge is 1.95. The lowest BCUT2D eigenvalue weighted by atomic mass is 10.1. The first kappa shape index (κ1) is 18.9. The van der Waals surface area contributed by atoms with Crippen molar-refractivity contribution in [3.63, 3.8) is 0 Å². The summed E-state index contributed by atoms with van der Waals surface area (Å²) in [7, 11) is 0. The Kier molecular flexibility index (Phi) is 15.2. The summed E-state index contributed by atoms with van der Waals surface area (Å²) in [5.74, 6) is -0.676. The second-order valence-corrected chi connectivity index (χ2v) is 5.41. The molecule has 0 aliphatic carbocycles. The average Bonchev–Trinajstić information content (AvgIpc) is 2.43. The fourth-order valence-electron chi connectivity index (χ4n) is 2.11. The molecule has 0 aromatic rings. The van der Waals surface area contributed by atoms with E-state index in [0.717, 1.165) is 25.7 Å². The number of hydrogen-bond acceptors (Lipinski definition) is 1. The molecular weight excluding hydrogens is 248 g/mol. The van der Waals surface area contributed by atoms with Crippen LogP contribution in [0.3, 0.4) is 0 Å². The highest BCUT2D eigenvalue weighted by atomic mass is 16.4. The molecular formula is C18H32O2. The van der Waals surface area contributed by atoms with Crippen molar-refractivity contribution in [1.82, 2.24) is 0 Å². The maximum Gasteiger partial charge on any atom is 0.303 e. The van der Waals surface area contributed by atoms with Gasteiger partial charge in [-0.1, -0.05) is 69.8 Å². The van der Waals surface area contributed by atoms with E-state index in [-0.39, 0.29) is 0 Å². The normalized spacial score (nSPS) is 11.7. The average molecular weight is 280 g/mol. The first-order chi connectivity index (χ1) is 9.77. The molecule has 0 aliphatic rings. The van der Waals surface area contributed by atoms with Gasteiger partial charge in [-0.15, -0.1) is 0 Å². The molecule has 0 radical (unpaired) electrons. The molecule has 0 unspecified atom stereocenters. The molecule has 2 heteroatoms. The Morgan fingerprint density at radius 3 is 1.80 bits per heavy atom. The van der Waals surface area contributed by atoms with Crippen LogP contribution in [0.2, 0.25) is 0 Å². The van der Waals surface area contributed by atoms with Crippen molar-refractivity contribution >= 4 is 5.97 Å². The maximum absolute atomic E-state index is 10.3. The number of carboxylic acids is 1. The van der Waals surface area contributed by atoms with E-state index in [9.17, 15) is 4.79 Å². The molecule has 1 N–H and O–H groups in total. The van der Waals surface area contributed by atoms with Crippen molar-refractivity contribution in [2.45, 2.75) is 84.0 Å². The van der Waals surface area contributed by atoms with Crippen molar-refractivity contribution in [3.8, 4) is 0 Å². The van der Waals surface area contributed by atoms with Crippen LogP contribution in [0.15, 0.2) is 24.3 Å². The lowest BCUT2D eigenvalue weighted by Gasteiger charge is -1.96. The van der Waals surface area contributed by atoms with Crippen molar-refractivity contribution < 1.29 is 9.90 Å². The number of rotatable bonds is 14. The second-order valence-electron chi connectivity index (χ2n) is 5.41. The molecule has 0 fully saturated rings. The van der Waals surface area contributed by atoms with E-state index in [2.05, 4.69) is 31.2 Å². The molecule has 0 bridgehead atoms. The summed E-state index contributed by atoms with van der Waals surface area (Å²) in [6.45, 7) is 2.25. The first-order valence-corrected chi connectivity index (χ1v) is 8.30. The number of aliphatic carboxylic acids is 1. The van der Waals surface area contributed by atoms with E-state index in [1.54, 1.807) is 0 Å². The topological polar surface area (TPSA) is 37.3 Å². The monoisotopic (exact) mass is 280 g/mol. The van der Waals surface area contributed by atoms with Gasteiger partial charge in [-0.05, 0) is 32.1 Å². The Labute approximate surface area is 125 Å². The third-order valence-electron chi connectivity index (χ3n) is 3.37. The summed E-state index contributed by atoms with van der Waals surface area (Å²) in [5.41, 5.74) is 0. The van der Waals surface area contributed by atoms with Gasteiger partial charge in [0.25, 0.3) is 0 Å². The SMILES string of the molecule is CCCCCCCC=CC=CCCCCCCC(=O)O. The van der Waals surface area contributed by atoms with Crippen LogP contribution in [0.1, 0.15) is 84.0 Å². The van der Waals surface area contributed by atoms with E-state index in [1.165, 1.54) is 44.9 Å². The highest BCUT2D eigenvalue weighted by molar-refractivity contribution is 5.66. The first-order valence-electron chi connectivity index (χ1n) is 8.30. The molecule has 0 aromatic carbocycles. The summed E-state index contributed by atoms with van der Waals surface area (Å²) in [6.07, 6.45) is 22.3. The van der Waals surface area contributed by atoms with Crippen LogP contribution in [-0.2, 0) is 4.79 Å². The number of carboxylic acid groups (broad SMARTS) is 1. The lowest BCUT2D eigenvalue weighted by Crippen LogP contribution is -1.93. The fraction of sp³-hybridized carbons (Fsp3) is 0.722. The van der Waals surface area contributed by atoms with Crippen LogP contribution in [0, 0.1) is 0 Å². The zero-order valence-corrected chi connectivity index (χ0v) is 13.2. The van der Waals surface area contributed by atoms with E-state index in [1.807, 2.05) is 0 Å². The molecule has 0 saturated heterocycles. The van der Waals surface area contributed by atoms with Crippen LogP contribution in [0.5, 0.6) is 0 Å². The van der Waals surface area contributed by atoms with Gasteiger partial charge in [-0.25, -0.2) is 0 Å². The minimum Gasteiger partial charge on any atom is -0.481 e. The molecule has 0 saturated carbocycles. The van der Waals surface area contributed by atoms with Gasteiger partial charge in [-0.3, -0.25) is 4.79 Å². The van der Waals surface area contributed by atoms with Gasteiger partial charge >= 0.3 is 5.97 Å². The lowest BCUT2D eigenvalue weighted by molar-refractivity contribution is -0.137. The Hall–Kier alpha value is -1.05. The minimum absolute atomic E-state index is 0.316. The molecule has 2 nitrogen and oxygen atoms in total. The molecule has 116 valence electrons. The molecule has 0 aromatic heterocycles. The third kappa shape index (κ3) is 16.9. The molecule has 0 atom stereocenters. The summed E-state index contributed by atoms with van der Waals surface area (Å²) < 4.78 is 0. The van der Waals surface area contributed by atoms with Gasteiger partial charge in [0.1, 0.15) is 0 Å². The fourth-order valence-corrected chi connectivity index (χ4v) is 2.11. The van der Waals surface area contributed by atoms with E-state index >= 15 is 0 Å². The Balaban J connectivity index is 3.20. The Bertz CT molecular complexity index is 267. The number of carbonyl (C=O) groups is 1. The van der Waals surface area contributed by atoms with Crippen molar-refractivity contribution in [2.24, 2.45) is 0 Å². The zero-order chi connectivity index (χ0) is 14.9. The van der Waals surface area contributed by atoms with Crippen LogP contribution in [0.4, 0.5) is 0 Å². The van der Waals surface area contributed by atoms with Gasteiger partial charge < -0.3 is 5.11 Å². The minimum atomic E-state index is -0.676. The quantitative estimate of drug-likeness (QED) is 0.318. The molecule has 20 heavy (non-hydrogen) atoms. The summed E-state index contributed by atoms with van der Waals surface area (Å²) in [5, 5.41) is 8.50. The van der Waals surface area contributed by atoms with Gasteiger partial charge in [0.05, 0.1) is 0 Å². The van der Waals surface area contributed by atoms with Crippen molar-refractivity contribution in [2.75, 3.05) is 0 Å². The van der Waals surface area contributed by atoms with Gasteiger partial charge in [0.15, 0.2) is 0 Å². The summed E-state index contributed by atoms with van der Waals surface area (Å²) >= 11 is 0. The maximum atomic E-state index is 10.3. The van der Waals surface area contributed by atoms with Gasteiger partial charge in [0.2, 0.25) is 0 Å². The smallest absolute Gasteiger partial charge is 0.303 e. The van der Waals surface area contributed by atoms with Gasteiger partial charge in [-0.2, -0.15) is 0 Å². The molecule has 0 rings (SSSR count). The molecule has 0 spiro atoms. The molecule has 0 amide bonds. The number of allylic oxidation sites excluding steroid dienone is 4. The van der Waals surface area contributed by atoms with Gasteiger partial charge in [0, 0.05) is 6.42 Å². The van der Waals surface area contributed by atoms with E-state index in [4.69, 9.17) is 5.11 Å². The van der Waals surface area contributed by atoms with E-state index in [0.29, 0.717) is 6.42 Å². The standard InChI is InChI=1S/C18H32O2/c1-2-3-4-5-6-7-8-9-10-11-12-13-14-15-16-17-18(19)20/h8-11H,2-7,12-17H2,1H3,(H,19,20). The zero-order valence-electron chi connectivity index (χ0n) is 13.2. The van der Waals surface area contributed by atoms with E-state index < -0.39 is 5.97 Å². The van der Waals surface area contributed by atoms with Crippen molar-refractivity contribution in [3.05, 3.63) is 24.3 Å². The number of hydrogen-bond donors (Lipinski definition) is 1.